The van der Waals surface area contributed by atoms with Gasteiger partial charge in [-0.1, -0.05) is 12.5 Å². The summed E-state index contributed by atoms with van der Waals surface area (Å²) in [6, 6.07) is 0. The fourth-order valence-electron chi connectivity index (χ4n) is 2.39. The molecule has 98 valence electrons. The molecular weight excluding hydrogens is 228 g/mol. The average Bonchev–Trinajstić information content (AvgIpc) is 2.67. The number of fused-ring (bicyclic) bond motifs is 1. The van der Waals surface area contributed by atoms with E-state index in [1.807, 2.05) is 17.0 Å². The topological polar surface area (TPSA) is 54.3 Å². The SMILES string of the molecule is C=CCNC(=O)Cn1cc2c(c1)C(O)CCCC2. The lowest BCUT2D eigenvalue weighted by Gasteiger charge is -2.06. The van der Waals surface area contributed by atoms with E-state index in [0.29, 0.717) is 13.1 Å². The van der Waals surface area contributed by atoms with E-state index in [-0.39, 0.29) is 12.0 Å². The van der Waals surface area contributed by atoms with Crippen molar-refractivity contribution >= 4 is 5.91 Å². The average molecular weight is 248 g/mol. The monoisotopic (exact) mass is 248 g/mol. The van der Waals surface area contributed by atoms with Gasteiger partial charge in [-0.2, -0.15) is 0 Å². The summed E-state index contributed by atoms with van der Waals surface area (Å²) < 4.78 is 1.86. The molecule has 0 aromatic carbocycles. The molecule has 1 unspecified atom stereocenters. The van der Waals surface area contributed by atoms with E-state index < -0.39 is 0 Å². The molecule has 1 aromatic heterocycles. The van der Waals surface area contributed by atoms with Gasteiger partial charge < -0.3 is 15.0 Å². The summed E-state index contributed by atoms with van der Waals surface area (Å²) in [5.74, 6) is -0.0328. The number of rotatable bonds is 4. The quantitative estimate of drug-likeness (QED) is 0.627. The third kappa shape index (κ3) is 3.01. The molecule has 1 heterocycles. The molecule has 0 spiro atoms. The molecule has 1 aromatic rings. The van der Waals surface area contributed by atoms with Crippen molar-refractivity contribution in [2.75, 3.05) is 6.54 Å². The highest BCUT2D eigenvalue weighted by atomic mass is 16.3. The number of aliphatic hydroxyl groups is 1. The van der Waals surface area contributed by atoms with Crippen LogP contribution in [0.2, 0.25) is 0 Å². The Morgan fingerprint density at radius 2 is 2.39 bits per heavy atom. The van der Waals surface area contributed by atoms with Gasteiger partial charge in [-0.05, 0) is 24.8 Å². The molecule has 2 rings (SSSR count). The first kappa shape index (κ1) is 12.9. The molecule has 2 N–H and O–H groups in total. The van der Waals surface area contributed by atoms with E-state index in [9.17, 15) is 9.90 Å². The van der Waals surface area contributed by atoms with Gasteiger partial charge >= 0.3 is 0 Å². The number of aliphatic hydroxyl groups excluding tert-OH is 1. The van der Waals surface area contributed by atoms with Crippen LogP contribution in [0.25, 0.3) is 0 Å². The number of hydrogen-bond donors (Lipinski definition) is 2. The lowest BCUT2D eigenvalue weighted by atomic mass is 10.1. The molecule has 1 aliphatic carbocycles. The molecule has 0 aliphatic heterocycles. The number of carbonyl (C=O) groups excluding carboxylic acids is 1. The van der Waals surface area contributed by atoms with E-state index in [1.165, 1.54) is 5.56 Å². The first-order valence-electron chi connectivity index (χ1n) is 6.45. The number of nitrogens with one attached hydrogen (secondary N) is 1. The van der Waals surface area contributed by atoms with Crippen molar-refractivity contribution in [1.82, 2.24) is 9.88 Å². The Morgan fingerprint density at radius 1 is 1.56 bits per heavy atom. The number of nitrogens with zero attached hydrogens (tertiary/aromatic N) is 1. The van der Waals surface area contributed by atoms with Crippen LogP contribution >= 0.6 is 0 Å². The first-order valence-corrected chi connectivity index (χ1v) is 6.45. The van der Waals surface area contributed by atoms with Crippen molar-refractivity contribution in [3.63, 3.8) is 0 Å². The van der Waals surface area contributed by atoms with Gasteiger partial charge in [0.15, 0.2) is 0 Å². The zero-order valence-corrected chi connectivity index (χ0v) is 10.6. The summed E-state index contributed by atoms with van der Waals surface area (Å²) in [6.45, 7) is 4.35. The molecule has 4 nitrogen and oxygen atoms in total. The number of aromatic nitrogens is 1. The third-order valence-corrected chi connectivity index (χ3v) is 3.30. The van der Waals surface area contributed by atoms with Crippen LogP contribution in [0.1, 0.15) is 36.5 Å². The Balaban J connectivity index is 2.05. The molecule has 0 saturated heterocycles. The molecular formula is C14H20N2O2. The summed E-state index contributed by atoms with van der Waals surface area (Å²) in [7, 11) is 0. The smallest absolute Gasteiger partial charge is 0.240 e. The van der Waals surface area contributed by atoms with Crippen molar-refractivity contribution in [3.05, 3.63) is 36.2 Å². The molecule has 1 aliphatic rings. The Kier molecular flexibility index (Phi) is 4.20. The molecule has 18 heavy (non-hydrogen) atoms. The second kappa shape index (κ2) is 5.87. The van der Waals surface area contributed by atoms with Gasteiger partial charge in [0.1, 0.15) is 6.54 Å². The minimum atomic E-state index is -0.375. The van der Waals surface area contributed by atoms with Crippen molar-refractivity contribution in [3.8, 4) is 0 Å². The maximum absolute atomic E-state index is 11.6. The Morgan fingerprint density at radius 3 is 3.17 bits per heavy atom. The minimum Gasteiger partial charge on any atom is -0.388 e. The van der Waals surface area contributed by atoms with Gasteiger partial charge in [0.25, 0.3) is 0 Å². The van der Waals surface area contributed by atoms with Crippen molar-refractivity contribution in [2.45, 2.75) is 38.3 Å². The number of carbonyl (C=O) groups is 1. The van der Waals surface area contributed by atoms with Crippen LogP contribution in [0, 0.1) is 0 Å². The number of aryl methyl sites for hydroxylation is 1. The lowest BCUT2D eigenvalue weighted by Crippen LogP contribution is -2.27. The first-order chi connectivity index (χ1) is 8.70. The second-order valence-corrected chi connectivity index (χ2v) is 4.77. The van der Waals surface area contributed by atoms with Crippen LogP contribution in [0.5, 0.6) is 0 Å². The van der Waals surface area contributed by atoms with Crippen LogP contribution in [0.3, 0.4) is 0 Å². The van der Waals surface area contributed by atoms with E-state index in [1.54, 1.807) is 6.08 Å². The largest absolute Gasteiger partial charge is 0.388 e. The predicted molar refractivity (Wildman–Crippen MR) is 70.2 cm³/mol. The highest BCUT2D eigenvalue weighted by molar-refractivity contribution is 5.75. The normalized spacial score (nSPS) is 18.8. The summed E-state index contributed by atoms with van der Waals surface area (Å²) in [5.41, 5.74) is 2.17. The lowest BCUT2D eigenvalue weighted by molar-refractivity contribution is -0.121. The minimum absolute atomic E-state index is 0.0328. The van der Waals surface area contributed by atoms with Crippen LogP contribution in [-0.4, -0.2) is 22.1 Å². The molecule has 1 amide bonds. The van der Waals surface area contributed by atoms with Gasteiger partial charge in [0.2, 0.25) is 5.91 Å². The van der Waals surface area contributed by atoms with Gasteiger partial charge in [-0.25, -0.2) is 0 Å². The maximum atomic E-state index is 11.6. The van der Waals surface area contributed by atoms with Gasteiger partial charge in [-0.3, -0.25) is 4.79 Å². The Bertz CT molecular complexity index is 437. The van der Waals surface area contributed by atoms with E-state index >= 15 is 0 Å². The van der Waals surface area contributed by atoms with Crippen LogP contribution in [0.15, 0.2) is 25.0 Å². The summed E-state index contributed by atoms with van der Waals surface area (Å²) in [5, 5.41) is 12.7. The molecule has 0 fully saturated rings. The predicted octanol–water partition coefficient (Wildman–Crippen LogP) is 1.55. The van der Waals surface area contributed by atoms with Crippen molar-refractivity contribution in [1.29, 1.82) is 0 Å². The second-order valence-electron chi connectivity index (χ2n) is 4.77. The maximum Gasteiger partial charge on any atom is 0.240 e. The number of hydrogen-bond acceptors (Lipinski definition) is 2. The van der Waals surface area contributed by atoms with Crippen LogP contribution in [-0.2, 0) is 17.8 Å². The van der Waals surface area contributed by atoms with E-state index in [0.717, 1.165) is 31.2 Å². The zero-order chi connectivity index (χ0) is 13.0. The molecule has 4 heteroatoms. The molecule has 0 radical (unpaired) electrons. The van der Waals surface area contributed by atoms with E-state index in [2.05, 4.69) is 11.9 Å². The van der Waals surface area contributed by atoms with Crippen LogP contribution < -0.4 is 5.32 Å². The Hall–Kier alpha value is -1.55. The third-order valence-electron chi connectivity index (χ3n) is 3.30. The summed E-state index contributed by atoms with van der Waals surface area (Å²) in [6.07, 6.45) is 9.16. The summed E-state index contributed by atoms with van der Waals surface area (Å²) in [4.78, 5) is 11.6. The molecule has 1 atom stereocenters. The fraction of sp³-hybridized carbons (Fsp3) is 0.500. The number of amides is 1. The van der Waals surface area contributed by atoms with Gasteiger partial charge in [0, 0.05) is 24.5 Å². The van der Waals surface area contributed by atoms with E-state index in [4.69, 9.17) is 0 Å². The van der Waals surface area contributed by atoms with Crippen molar-refractivity contribution in [2.24, 2.45) is 0 Å². The fourth-order valence-corrected chi connectivity index (χ4v) is 2.39. The van der Waals surface area contributed by atoms with Crippen LogP contribution in [0.4, 0.5) is 0 Å². The standard InChI is InChI=1S/C14H20N2O2/c1-2-7-15-14(18)10-16-8-11-5-3-4-6-13(17)12(11)9-16/h2,8-9,13,17H,1,3-7,10H2,(H,15,18). The zero-order valence-electron chi connectivity index (χ0n) is 10.6. The van der Waals surface area contributed by atoms with Gasteiger partial charge in [0.05, 0.1) is 6.10 Å². The highest BCUT2D eigenvalue weighted by Crippen LogP contribution is 2.29. The highest BCUT2D eigenvalue weighted by Gasteiger charge is 2.18. The molecule has 0 saturated carbocycles. The Labute approximate surface area is 107 Å². The van der Waals surface area contributed by atoms with Gasteiger partial charge in [-0.15, -0.1) is 6.58 Å². The summed E-state index contributed by atoms with van der Waals surface area (Å²) >= 11 is 0. The van der Waals surface area contributed by atoms with Crippen molar-refractivity contribution < 1.29 is 9.90 Å². The molecule has 0 bridgehead atoms.